The van der Waals surface area contributed by atoms with Crippen molar-refractivity contribution in [2.75, 3.05) is 24.6 Å². The molecule has 1 aliphatic heterocycles. The van der Waals surface area contributed by atoms with Crippen molar-refractivity contribution in [3.8, 4) is 0 Å². The number of hydrogen-bond acceptors (Lipinski definition) is 8. The minimum absolute atomic E-state index is 0.0664. The zero-order valence-corrected chi connectivity index (χ0v) is 15.3. The number of ether oxygens (including phenoxy) is 2. The third kappa shape index (κ3) is 5.25. The van der Waals surface area contributed by atoms with E-state index in [1.165, 1.54) is 4.80 Å². The third-order valence-corrected chi connectivity index (χ3v) is 4.35. The first kappa shape index (κ1) is 18.8. The van der Waals surface area contributed by atoms with Gasteiger partial charge in [0.25, 0.3) is 5.95 Å². The molecule has 0 amide bonds. The summed E-state index contributed by atoms with van der Waals surface area (Å²) in [6.45, 7) is 3.56. The predicted molar refractivity (Wildman–Crippen MR) is 95.6 cm³/mol. The summed E-state index contributed by atoms with van der Waals surface area (Å²) in [7, 11) is 0. The second-order valence-electron chi connectivity index (χ2n) is 6.28. The van der Waals surface area contributed by atoms with Crippen molar-refractivity contribution >= 4 is 17.9 Å². The maximum atomic E-state index is 12.3. The summed E-state index contributed by atoms with van der Waals surface area (Å²) in [5, 5.41) is 12.1. The van der Waals surface area contributed by atoms with Crippen molar-refractivity contribution in [1.29, 1.82) is 0 Å². The van der Waals surface area contributed by atoms with Crippen molar-refractivity contribution in [3.05, 3.63) is 35.9 Å². The van der Waals surface area contributed by atoms with E-state index in [1.807, 2.05) is 35.2 Å². The molecule has 0 atom stereocenters. The molecule has 9 nitrogen and oxygen atoms in total. The van der Waals surface area contributed by atoms with Crippen LogP contribution in [0.25, 0.3) is 0 Å². The van der Waals surface area contributed by atoms with Crippen LogP contribution in [-0.2, 0) is 32.2 Å². The number of rotatable bonds is 7. The van der Waals surface area contributed by atoms with Crippen LogP contribution in [0, 0.1) is 5.92 Å². The number of aromatic nitrogens is 4. The lowest BCUT2D eigenvalue weighted by Crippen LogP contribution is -2.37. The fourth-order valence-electron chi connectivity index (χ4n) is 2.91. The van der Waals surface area contributed by atoms with Crippen LogP contribution in [0.4, 0.5) is 5.95 Å². The lowest BCUT2D eigenvalue weighted by molar-refractivity contribution is -0.150. The summed E-state index contributed by atoms with van der Waals surface area (Å²) >= 11 is 0. The molecule has 0 radical (unpaired) electrons. The molecule has 0 saturated carbocycles. The third-order valence-electron chi connectivity index (χ3n) is 4.35. The number of nitrogens with zero attached hydrogens (tertiary/aromatic N) is 5. The first-order valence-electron chi connectivity index (χ1n) is 9.04. The van der Waals surface area contributed by atoms with Gasteiger partial charge < -0.3 is 14.4 Å². The summed E-state index contributed by atoms with van der Waals surface area (Å²) < 4.78 is 10.3. The Morgan fingerprint density at radius 3 is 2.59 bits per heavy atom. The molecule has 0 N–H and O–H groups in total. The van der Waals surface area contributed by atoms with Crippen LogP contribution in [0.15, 0.2) is 30.3 Å². The fraction of sp³-hybridized carbons (Fsp3) is 0.500. The highest BCUT2D eigenvalue weighted by atomic mass is 16.5. The quantitative estimate of drug-likeness (QED) is 0.668. The van der Waals surface area contributed by atoms with E-state index in [0.717, 1.165) is 5.56 Å². The zero-order chi connectivity index (χ0) is 19.1. The van der Waals surface area contributed by atoms with Gasteiger partial charge >= 0.3 is 11.9 Å². The fourth-order valence-corrected chi connectivity index (χ4v) is 2.91. The van der Waals surface area contributed by atoms with Gasteiger partial charge in [0.15, 0.2) is 6.54 Å². The summed E-state index contributed by atoms with van der Waals surface area (Å²) in [6.07, 6.45) is 1.33. The van der Waals surface area contributed by atoms with Gasteiger partial charge in [0, 0.05) is 13.1 Å². The van der Waals surface area contributed by atoms with Gasteiger partial charge in [-0.3, -0.25) is 4.79 Å². The molecule has 144 valence electrons. The average molecular weight is 373 g/mol. The van der Waals surface area contributed by atoms with Gasteiger partial charge in [-0.2, -0.15) is 4.80 Å². The highest BCUT2D eigenvalue weighted by Crippen LogP contribution is 2.21. The van der Waals surface area contributed by atoms with Crippen LogP contribution in [0.1, 0.15) is 25.3 Å². The summed E-state index contributed by atoms with van der Waals surface area (Å²) in [6, 6.07) is 9.63. The van der Waals surface area contributed by atoms with E-state index < -0.39 is 5.97 Å². The maximum Gasteiger partial charge on any atom is 0.329 e. The van der Waals surface area contributed by atoms with Gasteiger partial charge in [-0.25, -0.2) is 4.79 Å². The Morgan fingerprint density at radius 2 is 1.89 bits per heavy atom. The lowest BCUT2D eigenvalue weighted by atomic mass is 9.97. The second kappa shape index (κ2) is 9.11. The molecular formula is C18H23N5O4. The first-order chi connectivity index (χ1) is 13.2. The molecule has 1 aromatic heterocycles. The molecule has 2 aromatic rings. The molecule has 3 rings (SSSR count). The molecule has 2 heterocycles. The topological polar surface area (TPSA) is 99.4 Å². The average Bonchev–Trinajstić information content (AvgIpc) is 3.15. The van der Waals surface area contributed by atoms with Crippen LogP contribution < -0.4 is 4.90 Å². The number of carbonyl (C=O) groups excluding carboxylic acids is 2. The molecule has 1 fully saturated rings. The van der Waals surface area contributed by atoms with E-state index in [-0.39, 0.29) is 18.4 Å². The van der Waals surface area contributed by atoms with Gasteiger partial charge in [-0.15, -0.1) is 5.10 Å². The number of esters is 2. The Morgan fingerprint density at radius 1 is 1.15 bits per heavy atom. The Hall–Kier alpha value is -2.97. The highest BCUT2D eigenvalue weighted by Gasteiger charge is 2.28. The van der Waals surface area contributed by atoms with E-state index in [0.29, 0.717) is 45.1 Å². The van der Waals surface area contributed by atoms with E-state index >= 15 is 0 Å². The standard InChI is InChI=1S/C18H23N5O4/c1-2-26-16(24)12-23-20-18(19-21-23)22-10-8-15(9-11-22)17(25)27-13-14-6-4-3-5-7-14/h3-7,15H,2,8-13H2,1H3. The smallest absolute Gasteiger partial charge is 0.329 e. The Labute approximate surface area is 157 Å². The number of carbonyl (C=O) groups is 2. The monoisotopic (exact) mass is 373 g/mol. The number of hydrogen-bond donors (Lipinski definition) is 0. The van der Waals surface area contributed by atoms with E-state index in [1.54, 1.807) is 6.92 Å². The van der Waals surface area contributed by atoms with Crippen LogP contribution in [0.3, 0.4) is 0 Å². The molecular weight excluding hydrogens is 350 g/mol. The van der Waals surface area contributed by atoms with Crippen LogP contribution in [0.5, 0.6) is 0 Å². The van der Waals surface area contributed by atoms with Crippen molar-refractivity contribution in [1.82, 2.24) is 20.2 Å². The zero-order valence-electron chi connectivity index (χ0n) is 15.3. The maximum absolute atomic E-state index is 12.3. The first-order valence-corrected chi connectivity index (χ1v) is 9.04. The molecule has 0 aliphatic carbocycles. The molecule has 1 saturated heterocycles. The molecule has 1 aliphatic rings. The minimum atomic E-state index is -0.402. The number of tetrazole rings is 1. The molecule has 9 heteroatoms. The Bertz CT molecular complexity index is 756. The van der Waals surface area contributed by atoms with E-state index in [4.69, 9.17) is 9.47 Å². The van der Waals surface area contributed by atoms with Crippen molar-refractivity contribution in [3.63, 3.8) is 0 Å². The number of piperidine rings is 1. The van der Waals surface area contributed by atoms with Crippen molar-refractivity contribution in [2.45, 2.75) is 32.9 Å². The van der Waals surface area contributed by atoms with Gasteiger partial charge in [-0.1, -0.05) is 35.4 Å². The van der Waals surface area contributed by atoms with E-state index in [9.17, 15) is 9.59 Å². The highest BCUT2D eigenvalue weighted by molar-refractivity contribution is 5.72. The SMILES string of the molecule is CCOC(=O)Cn1nnc(N2CCC(C(=O)OCc3ccccc3)CC2)n1. The molecule has 1 aromatic carbocycles. The molecule has 0 bridgehead atoms. The summed E-state index contributed by atoms with van der Waals surface area (Å²) in [5.41, 5.74) is 0.977. The molecule has 27 heavy (non-hydrogen) atoms. The molecule has 0 unspecified atom stereocenters. The van der Waals surface area contributed by atoms with Crippen molar-refractivity contribution in [2.24, 2.45) is 5.92 Å². The number of benzene rings is 1. The normalized spacial score (nSPS) is 14.8. The van der Waals surface area contributed by atoms with Gasteiger partial charge in [-0.05, 0) is 30.5 Å². The Kier molecular flexibility index (Phi) is 6.35. The summed E-state index contributed by atoms with van der Waals surface area (Å²) in [4.78, 5) is 26.9. The van der Waals surface area contributed by atoms with E-state index in [2.05, 4.69) is 15.4 Å². The number of anilines is 1. The van der Waals surface area contributed by atoms with Crippen LogP contribution >= 0.6 is 0 Å². The van der Waals surface area contributed by atoms with Crippen molar-refractivity contribution < 1.29 is 19.1 Å². The Balaban J connectivity index is 1.45. The largest absolute Gasteiger partial charge is 0.465 e. The van der Waals surface area contributed by atoms with Crippen LogP contribution in [0.2, 0.25) is 0 Å². The summed E-state index contributed by atoms with van der Waals surface area (Å²) in [5.74, 6) is -0.242. The van der Waals surface area contributed by atoms with Gasteiger partial charge in [0.1, 0.15) is 6.61 Å². The van der Waals surface area contributed by atoms with Gasteiger partial charge in [0.2, 0.25) is 0 Å². The predicted octanol–water partition coefficient (Wildman–Crippen LogP) is 1.20. The molecule has 0 spiro atoms. The minimum Gasteiger partial charge on any atom is -0.465 e. The van der Waals surface area contributed by atoms with Crippen LogP contribution in [-0.4, -0.2) is 51.8 Å². The second-order valence-corrected chi connectivity index (χ2v) is 6.28. The lowest BCUT2D eigenvalue weighted by Gasteiger charge is -2.29. The van der Waals surface area contributed by atoms with Gasteiger partial charge in [0.05, 0.1) is 12.5 Å².